The molecule has 0 aliphatic rings. The molecule has 0 fully saturated rings. The van der Waals surface area contributed by atoms with Gasteiger partial charge in [0, 0.05) is 20.6 Å². The van der Waals surface area contributed by atoms with Crippen LogP contribution >= 0.6 is 23.2 Å². The van der Waals surface area contributed by atoms with E-state index < -0.39 is 30.1 Å². The Morgan fingerprint density at radius 1 is 1.03 bits per heavy atom. The molecule has 35 heavy (non-hydrogen) atoms. The van der Waals surface area contributed by atoms with E-state index in [9.17, 15) is 22.8 Å². The van der Waals surface area contributed by atoms with Crippen molar-refractivity contribution in [3.8, 4) is 11.5 Å². The van der Waals surface area contributed by atoms with Crippen LogP contribution in [0.2, 0.25) is 10.0 Å². The van der Waals surface area contributed by atoms with Gasteiger partial charge in [0.1, 0.15) is 17.9 Å². The molecule has 0 N–H and O–H groups in total. The number of halogens is 5. The smallest absolute Gasteiger partial charge is 0.415 e. The van der Waals surface area contributed by atoms with Crippen LogP contribution in [-0.4, -0.2) is 55.7 Å². The van der Waals surface area contributed by atoms with Crippen LogP contribution in [-0.2, 0) is 10.3 Å². The van der Waals surface area contributed by atoms with Gasteiger partial charge < -0.3 is 14.4 Å². The molecule has 0 saturated heterocycles. The summed E-state index contributed by atoms with van der Waals surface area (Å²) in [7, 11) is 4.14. The fourth-order valence-corrected chi connectivity index (χ4v) is 3.81. The highest BCUT2D eigenvalue weighted by atomic mass is 35.5. The van der Waals surface area contributed by atoms with Crippen molar-refractivity contribution >= 4 is 35.2 Å². The van der Waals surface area contributed by atoms with Crippen molar-refractivity contribution in [2.75, 3.05) is 27.7 Å². The number of hydrogen-bond donors (Lipinski definition) is 0. The number of ether oxygens (including phenoxy) is 2. The summed E-state index contributed by atoms with van der Waals surface area (Å²) >= 11 is 12.3. The highest BCUT2D eigenvalue weighted by Crippen LogP contribution is 2.37. The summed E-state index contributed by atoms with van der Waals surface area (Å²) < 4.78 is 49.1. The van der Waals surface area contributed by atoms with E-state index in [1.807, 2.05) is 0 Å². The fraction of sp³-hybridized carbons (Fsp3) is 0.333. The number of hydrogen-bond acceptors (Lipinski definition) is 4. The highest BCUT2D eigenvalue weighted by Gasteiger charge is 2.43. The predicted molar refractivity (Wildman–Crippen MR) is 128 cm³/mol. The van der Waals surface area contributed by atoms with Gasteiger partial charge in [-0.1, -0.05) is 35.3 Å². The minimum Gasteiger partial charge on any atom is -0.497 e. The summed E-state index contributed by atoms with van der Waals surface area (Å²) in [4.78, 5) is 27.6. The molecule has 0 saturated carbocycles. The lowest BCUT2D eigenvalue weighted by molar-refractivity contribution is -0.161. The van der Waals surface area contributed by atoms with Crippen LogP contribution in [0.15, 0.2) is 55.1 Å². The second-order valence-electron chi connectivity index (χ2n) is 7.80. The number of rotatable bonds is 9. The predicted octanol–water partition coefficient (Wildman–Crippen LogP) is 6.32. The van der Waals surface area contributed by atoms with Crippen molar-refractivity contribution in [3.05, 3.63) is 70.7 Å². The van der Waals surface area contributed by atoms with Crippen LogP contribution in [0.4, 0.5) is 18.0 Å². The largest absolute Gasteiger partial charge is 0.497 e. The standard InChI is InChI=1S/C24H25Cl2F3N2O4/c1-5-12-23(16-6-11-19(25)20(26)13-16,15-30(2)21(32)14-24(27,28)29)31(3)22(33)35-18-9-7-17(34-4)8-10-18/h5-11,13H,1,12,14-15H2,2-4H3/t23-/m1/s1. The molecule has 190 valence electrons. The summed E-state index contributed by atoms with van der Waals surface area (Å²) in [6.45, 7) is 3.43. The summed E-state index contributed by atoms with van der Waals surface area (Å²) in [5.41, 5.74) is -0.956. The minimum absolute atomic E-state index is 0.0583. The number of carbonyl (C=O) groups excluding carboxylic acids is 2. The van der Waals surface area contributed by atoms with E-state index in [0.717, 1.165) is 4.90 Å². The van der Waals surface area contributed by atoms with Crippen molar-refractivity contribution in [2.45, 2.75) is 24.6 Å². The lowest BCUT2D eigenvalue weighted by atomic mass is 9.84. The van der Waals surface area contributed by atoms with Gasteiger partial charge in [-0.2, -0.15) is 13.2 Å². The summed E-state index contributed by atoms with van der Waals surface area (Å²) in [6, 6.07) is 10.8. The maximum atomic E-state index is 13.2. The van der Waals surface area contributed by atoms with Crippen molar-refractivity contribution in [1.82, 2.24) is 9.80 Å². The zero-order valence-electron chi connectivity index (χ0n) is 19.4. The molecule has 6 nitrogen and oxygen atoms in total. The molecule has 0 heterocycles. The summed E-state index contributed by atoms with van der Waals surface area (Å²) in [5, 5.41) is 0.409. The lowest BCUT2D eigenvalue weighted by Gasteiger charge is -2.43. The van der Waals surface area contributed by atoms with Crippen LogP contribution in [0, 0.1) is 0 Å². The van der Waals surface area contributed by atoms with Gasteiger partial charge in [-0.25, -0.2) is 4.79 Å². The molecule has 0 unspecified atom stereocenters. The number of benzene rings is 2. The third kappa shape index (κ3) is 7.29. The van der Waals surface area contributed by atoms with Gasteiger partial charge in [-0.05, 0) is 48.4 Å². The molecule has 2 rings (SSSR count). The zero-order chi connectivity index (χ0) is 26.4. The lowest BCUT2D eigenvalue weighted by Crippen LogP contribution is -2.55. The number of alkyl halides is 3. The monoisotopic (exact) mass is 532 g/mol. The van der Waals surface area contributed by atoms with Gasteiger partial charge in [0.2, 0.25) is 5.91 Å². The quantitative estimate of drug-likeness (QED) is 0.355. The molecule has 0 aromatic heterocycles. The van der Waals surface area contributed by atoms with E-state index in [-0.39, 0.29) is 28.8 Å². The Hall–Kier alpha value is -2.91. The van der Waals surface area contributed by atoms with E-state index in [1.54, 1.807) is 18.2 Å². The van der Waals surface area contributed by atoms with Crippen molar-refractivity contribution < 1.29 is 32.2 Å². The Morgan fingerprint density at radius 2 is 1.63 bits per heavy atom. The summed E-state index contributed by atoms with van der Waals surface area (Å²) in [6.07, 6.45) is -5.60. The molecule has 11 heteroatoms. The second-order valence-corrected chi connectivity index (χ2v) is 8.61. The van der Waals surface area contributed by atoms with E-state index >= 15 is 0 Å². The van der Waals surface area contributed by atoms with Crippen molar-refractivity contribution in [1.29, 1.82) is 0 Å². The van der Waals surface area contributed by atoms with Crippen molar-refractivity contribution in [3.63, 3.8) is 0 Å². The van der Waals surface area contributed by atoms with Crippen LogP contribution in [0.3, 0.4) is 0 Å². The topological polar surface area (TPSA) is 59.1 Å². The number of amides is 2. The molecular weight excluding hydrogens is 508 g/mol. The molecule has 2 amide bonds. The van der Waals surface area contributed by atoms with E-state index in [1.165, 1.54) is 56.4 Å². The van der Waals surface area contributed by atoms with Crippen LogP contribution in [0.25, 0.3) is 0 Å². The van der Waals surface area contributed by atoms with Gasteiger partial charge in [0.15, 0.2) is 0 Å². The maximum Gasteiger partial charge on any atom is 0.415 e. The van der Waals surface area contributed by atoms with Gasteiger partial charge >= 0.3 is 12.3 Å². The Morgan fingerprint density at radius 3 is 2.14 bits per heavy atom. The first-order chi connectivity index (χ1) is 16.3. The molecule has 0 radical (unpaired) electrons. The maximum absolute atomic E-state index is 13.2. The van der Waals surface area contributed by atoms with E-state index in [4.69, 9.17) is 32.7 Å². The summed E-state index contributed by atoms with van der Waals surface area (Å²) in [5.74, 6) is -0.395. The first kappa shape index (κ1) is 28.3. The molecule has 2 aromatic carbocycles. The van der Waals surface area contributed by atoms with Gasteiger partial charge in [0.05, 0.1) is 22.7 Å². The van der Waals surface area contributed by atoms with Crippen molar-refractivity contribution in [2.24, 2.45) is 0 Å². The van der Waals surface area contributed by atoms with Gasteiger partial charge in [-0.15, -0.1) is 6.58 Å². The van der Waals surface area contributed by atoms with E-state index in [2.05, 4.69) is 6.58 Å². The third-order valence-corrected chi connectivity index (χ3v) is 6.13. The SMILES string of the molecule is C=CC[C@@](CN(C)C(=O)CC(F)(F)F)(c1ccc(Cl)c(Cl)c1)N(C)C(=O)Oc1ccc(OC)cc1. The number of carbonyl (C=O) groups is 2. The fourth-order valence-electron chi connectivity index (χ4n) is 3.51. The first-order valence-electron chi connectivity index (χ1n) is 10.3. The molecule has 0 aliphatic carbocycles. The van der Waals surface area contributed by atoms with Crippen LogP contribution in [0.5, 0.6) is 11.5 Å². The Bertz CT molecular complexity index is 1060. The Kier molecular flexibility index (Phi) is 9.45. The Balaban J connectivity index is 2.50. The number of methoxy groups -OCH3 is 1. The molecule has 2 aromatic rings. The molecule has 0 spiro atoms. The normalized spacial score (nSPS) is 12.9. The van der Waals surface area contributed by atoms with Gasteiger partial charge in [0.25, 0.3) is 0 Å². The highest BCUT2D eigenvalue weighted by molar-refractivity contribution is 6.42. The second kappa shape index (κ2) is 11.7. The number of nitrogens with zero attached hydrogens (tertiary/aromatic N) is 2. The molecule has 0 aliphatic heterocycles. The average molecular weight is 533 g/mol. The Labute approximate surface area is 211 Å². The first-order valence-corrected chi connectivity index (χ1v) is 11.1. The zero-order valence-corrected chi connectivity index (χ0v) is 20.9. The van der Waals surface area contributed by atoms with Crippen LogP contribution < -0.4 is 9.47 Å². The third-order valence-electron chi connectivity index (χ3n) is 5.40. The molecule has 0 bridgehead atoms. The van der Waals surface area contributed by atoms with E-state index in [0.29, 0.717) is 11.3 Å². The van der Waals surface area contributed by atoms with Crippen LogP contribution in [0.1, 0.15) is 18.4 Å². The average Bonchev–Trinajstić information content (AvgIpc) is 2.79. The molecule has 1 atom stereocenters. The van der Waals surface area contributed by atoms with Gasteiger partial charge in [-0.3, -0.25) is 9.69 Å². The molecular formula is C24H25Cl2F3N2O4. The minimum atomic E-state index is -4.69. The number of likely N-dealkylation sites (N-methyl/N-ethyl adjacent to an activating group) is 2.